The van der Waals surface area contributed by atoms with E-state index in [1.807, 2.05) is 13.8 Å². The van der Waals surface area contributed by atoms with Crippen LogP contribution in [-0.2, 0) is 0 Å². The normalized spacial score (nSPS) is 28.1. The molecule has 0 bridgehead atoms. The third-order valence-corrected chi connectivity index (χ3v) is 2.96. The molecule has 2 N–H and O–H groups in total. The van der Waals surface area contributed by atoms with E-state index >= 15 is 0 Å². The summed E-state index contributed by atoms with van der Waals surface area (Å²) in [5, 5.41) is 5.69. The predicted octanol–water partition coefficient (Wildman–Crippen LogP) is 0.509. The molecule has 0 saturated carbocycles. The first-order valence-electron chi connectivity index (χ1n) is 5.83. The molecule has 4 amide bonds. The first-order valence-corrected chi connectivity index (χ1v) is 5.83. The number of nitrogens with one attached hydrogen (secondary N) is 2. The van der Waals surface area contributed by atoms with Crippen LogP contribution in [-0.4, -0.2) is 47.3 Å². The molecule has 2 atom stereocenters. The summed E-state index contributed by atoms with van der Waals surface area (Å²) in [5.74, 6) is 0. The van der Waals surface area contributed by atoms with Gasteiger partial charge in [-0.05, 0) is 12.8 Å². The zero-order valence-electron chi connectivity index (χ0n) is 9.69. The van der Waals surface area contributed by atoms with Crippen LogP contribution < -0.4 is 10.6 Å². The maximum Gasteiger partial charge on any atom is 0.320 e. The van der Waals surface area contributed by atoms with Crippen molar-refractivity contribution in [3.63, 3.8) is 0 Å². The van der Waals surface area contributed by atoms with Crippen molar-refractivity contribution in [2.45, 2.75) is 39.0 Å². The van der Waals surface area contributed by atoms with Crippen LogP contribution in [0.1, 0.15) is 26.7 Å². The first kappa shape index (κ1) is 11.0. The van der Waals surface area contributed by atoms with Gasteiger partial charge in [0.15, 0.2) is 0 Å². The van der Waals surface area contributed by atoms with Gasteiger partial charge in [0.05, 0.1) is 0 Å². The van der Waals surface area contributed by atoms with Crippen molar-refractivity contribution >= 4 is 12.1 Å². The quantitative estimate of drug-likeness (QED) is 0.733. The monoisotopic (exact) mass is 226 g/mol. The number of hydrogen-bond donors (Lipinski definition) is 2. The molecule has 0 aromatic rings. The SMILES string of the molecule is CCCN1C(=O)N[C@H]2[C@@H]1NC(=O)N2CCC. The summed E-state index contributed by atoms with van der Waals surface area (Å²) in [6.45, 7) is 5.38. The van der Waals surface area contributed by atoms with Crippen molar-refractivity contribution in [3.8, 4) is 0 Å². The highest BCUT2D eigenvalue weighted by Gasteiger charge is 2.49. The number of nitrogens with zero attached hydrogens (tertiary/aromatic N) is 2. The standard InChI is InChI=1S/C10H18N4O2/c1-3-5-13-7-8(12-9(13)15)14(6-4-2)10(16)11-7/h7-8H,3-6H2,1-2H3,(H,11,16)(H,12,15)/t7-,8-/m1/s1. The Morgan fingerprint density at radius 3 is 1.62 bits per heavy atom. The first-order chi connectivity index (χ1) is 7.69. The molecular formula is C10H18N4O2. The molecular weight excluding hydrogens is 208 g/mol. The minimum atomic E-state index is -0.202. The average Bonchev–Trinajstić information content (AvgIpc) is 2.69. The van der Waals surface area contributed by atoms with Crippen LogP contribution in [0.3, 0.4) is 0 Å². The van der Waals surface area contributed by atoms with Gasteiger partial charge in [0, 0.05) is 13.1 Å². The molecule has 0 aliphatic carbocycles. The molecule has 2 saturated heterocycles. The minimum Gasteiger partial charge on any atom is -0.314 e. The van der Waals surface area contributed by atoms with E-state index in [1.165, 1.54) is 0 Å². The van der Waals surface area contributed by atoms with Crippen molar-refractivity contribution < 1.29 is 9.59 Å². The van der Waals surface area contributed by atoms with Crippen LogP contribution in [0.2, 0.25) is 0 Å². The van der Waals surface area contributed by atoms with E-state index in [2.05, 4.69) is 10.6 Å². The van der Waals surface area contributed by atoms with E-state index in [9.17, 15) is 9.59 Å². The van der Waals surface area contributed by atoms with Gasteiger partial charge in [-0.3, -0.25) is 0 Å². The number of amides is 4. The van der Waals surface area contributed by atoms with Gasteiger partial charge in [-0.15, -0.1) is 0 Å². The summed E-state index contributed by atoms with van der Waals surface area (Å²) in [7, 11) is 0. The highest BCUT2D eigenvalue weighted by atomic mass is 16.2. The van der Waals surface area contributed by atoms with Gasteiger partial charge in [0.2, 0.25) is 0 Å². The summed E-state index contributed by atoms with van der Waals surface area (Å²) in [4.78, 5) is 26.7. The second-order valence-corrected chi connectivity index (χ2v) is 4.18. The van der Waals surface area contributed by atoms with E-state index in [0.29, 0.717) is 13.1 Å². The molecule has 6 heteroatoms. The lowest BCUT2D eigenvalue weighted by molar-refractivity contribution is 0.196. The molecule has 90 valence electrons. The molecule has 0 unspecified atom stereocenters. The van der Waals surface area contributed by atoms with Gasteiger partial charge in [-0.25, -0.2) is 9.59 Å². The van der Waals surface area contributed by atoms with Crippen molar-refractivity contribution in [2.24, 2.45) is 0 Å². The highest BCUT2D eigenvalue weighted by Crippen LogP contribution is 2.21. The summed E-state index contributed by atoms with van der Waals surface area (Å²) in [6, 6.07) is -0.170. The Hall–Kier alpha value is -1.46. The van der Waals surface area contributed by atoms with Crippen LogP contribution in [0.5, 0.6) is 0 Å². The Bertz CT molecular complexity index is 277. The smallest absolute Gasteiger partial charge is 0.314 e. The van der Waals surface area contributed by atoms with Crippen LogP contribution in [0, 0.1) is 0 Å². The maximum absolute atomic E-state index is 11.7. The van der Waals surface area contributed by atoms with Gasteiger partial charge >= 0.3 is 12.1 Å². The number of hydrogen-bond acceptors (Lipinski definition) is 2. The number of carbonyl (C=O) groups excluding carboxylic acids is 2. The fraction of sp³-hybridized carbons (Fsp3) is 0.800. The average molecular weight is 226 g/mol. The summed E-state index contributed by atoms with van der Waals surface area (Å²) in [5.41, 5.74) is 0. The number of carbonyl (C=O) groups is 2. The van der Waals surface area contributed by atoms with Crippen LogP contribution in [0.25, 0.3) is 0 Å². The lowest BCUT2D eigenvalue weighted by Crippen LogP contribution is -2.43. The molecule has 2 aliphatic rings. The van der Waals surface area contributed by atoms with E-state index in [-0.39, 0.29) is 24.4 Å². The van der Waals surface area contributed by atoms with Gasteiger partial charge in [0.1, 0.15) is 12.3 Å². The fourth-order valence-electron chi connectivity index (χ4n) is 2.29. The van der Waals surface area contributed by atoms with Gasteiger partial charge in [-0.1, -0.05) is 13.8 Å². The molecule has 2 fully saturated rings. The molecule has 2 heterocycles. The van der Waals surface area contributed by atoms with E-state index < -0.39 is 0 Å². The van der Waals surface area contributed by atoms with Gasteiger partial charge < -0.3 is 20.4 Å². The molecule has 6 nitrogen and oxygen atoms in total. The Morgan fingerprint density at radius 2 is 1.31 bits per heavy atom. The van der Waals surface area contributed by atoms with E-state index in [4.69, 9.17) is 0 Å². The van der Waals surface area contributed by atoms with Gasteiger partial charge in [0.25, 0.3) is 0 Å². The van der Waals surface area contributed by atoms with Crippen molar-refractivity contribution in [2.75, 3.05) is 13.1 Å². The molecule has 0 radical (unpaired) electrons. The number of urea groups is 2. The van der Waals surface area contributed by atoms with Crippen LogP contribution in [0.4, 0.5) is 9.59 Å². The molecule has 0 spiro atoms. The fourth-order valence-corrected chi connectivity index (χ4v) is 2.29. The second-order valence-electron chi connectivity index (χ2n) is 4.18. The largest absolute Gasteiger partial charge is 0.320 e. The summed E-state index contributed by atoms with van der Waals surface area (Å²) >= 11 is 0. The lowest BCUT2D eigenvalue weighted by atomic mass is 10.3. The van der Waals surface area contributed by atoms with Gasteiger partial charge in [-0.2, -0.15) is 0 Å². The zero-order valence-corrected chi connectivity index (χ0v) is 9.69. The maximum atomic E-state index is 11.7. The van der Waals surface area contributed by atoms with E-state index in [0.717, 1.165) is 12.8 Å². The van der Waals surface area contributed by atoms with Crippen LogP contribution >= 0.6 is 0 Å². The molecule has 16 heavy (non-hydrogen) atoms. The lowest BCUT2D eigenvalue weighted by Gasteiger charge is -2.21. The molecule has 2 aliphatic heterocycles. The number of rotatable bonds is 4. The Labute approximate surface area is 95.0 Å². The van der Waals surface area contributed by atoms with Crippen molar-refractivity contribution in [3.05, 3.63) is 0 Å². The third-order valence-electron chi connectivity index (χ3n) is 2.96. The Morgan fingerprint density at radius 1 is 0.938 bits per heavy atom. The zero-order chi connectivity index (χ0) is 11.7. The number of fused-ring (bicyclic) bond motifs is 1. The topological polar surface area (TPSA) is 64.7 Å². The van der Waals surface area contributed by atoms with Crippen molar-refractivity contribution in [1.29, 1.82) is 0 Å². The molecule has 0 aromatic heterocycles. The van der Waals surface area contributed by atoms with Crippen molar-refractivity contribution in [1.82, 2.24) is 20.4 Å². The third kappa shape index (κ3) is 1.58. The Kier molecular flexibility index (Phi) is 2.89. The second kappa shape index (κ2) is 4.19. The molecule has 0 aromatic carbocycles. The summed E-state index contributed by atoms with van der Waals surface area (Å²) < 4.78 is 0. The Balaban J connectivity index is 2.11. The molecule has 2 rings (SSSR count). The predicted molar refractivity (Wildman–Crippen MR) is 58.6 cm³/mol. The van der Waals surface area contributed by atoms with Crippen LogP contribution in [0.15, 0.2) is 0 Å². The highest BCUT2D eigenvalue weighted by molar-refractivity contribution is 5.84. The minimum absolute atomic E-state index is 0.0852. The van der Waals surface area contributed by atoms with E-state index in [1.54, 1.807) is 9.80 Å². The summed E-state index contributed by atoms with van der Waals surface area (Å²) in [6.07, 6.45) is 1.37.